The van der Waals surface area contributed by atoms with Gasteiger partial charge in [0.15, 0.2) is 5.96 Å². The van der Waals surface area contributed by atoms with Gasteiger partial charge >= 0.3 is 0 Å². The Morgan fingerprint density at radius 2 is 2.17 bits per heavy atom. The molecule has 0 spiro atoms. The van der Waals surface area contributed by atoms with Gasteiger partial charge in [0.2, 0.25) is 0 Å². The van der Waals surface area contributed by atoms with E-state index >= 15 is 0 Å². The molecule has 0 amide bonds. The number of rotatable bonds is 10. The molecular formula is C20H31IN6O2. The first-order chi connectivity index (χ1) is 13.8. The highest BCUT2D eigenvalue weighted by molar-refractivity contribution is 14.0. The van der Waals surface area contributed by atoms with Crippen molar-refractivity contribution in [2.45, 2.75) is 38.8 Å². The molecule has 29 heavy (non-hydrogen) atoms. The van der Waals surface area contributed by atoms with E-state index in [2.05, 4.69) is 44.8 Å². The average Bonchev–Trinajstić information content (AvgIpc) is 3.43. The van der Waals surface area contributed by atoms with E-state index in [9.17, 15) is 0 Å². The minimum Gasteiger partial charge on any atom is -0.379 e. The summed E-state index contributed by atoms with van der Waals surface area (Å²) >= 11 is 0. The summed E-state index contributed by atoms with van der Waals surface area (Å²) in [5, 5.41) is 10.8. The molecule has 160 valence electrons. The van der Waals surface area contributed by atoms with Crippen LogP contribution in [0, 0.1) is 0 Å². The molecule has 2 aromatic rings. The molecule has 1 aliphatic heterocycles. The van der Waals surface area contributed by atoms with Crippen molar-refractivity contribution in [2.24, 2.45) is 4.99 Å². The molecular weight excluding hydrogens is 483 g/mol. The van der Waals surface area contributed by atoms with Crippen molar-refractivity contribution in [3.63, 3.8) is 0 Å². The number of hydrogen-bond acceptors (Lipinski definition) is 5. The molecule has 0 aliphatic carbocycles. The summed E-state index contributed by atoms with van der Waals surface area (Å²) in [4.78, 5) is 8.62. The number of nitrogens with zero attached hydrogens (tertiary/aromatic N) is 4. The highest BCUT2D eigenvalue weighted by Crippen LogP contribution is 2.12. The van der Waals surface area contributed by atoms with Crippen LogP contribution in [-0.4, -0.2) is 59.7 Å². The molecule has 0 radical (unpaired) electrons. The van der Waals surface area contributed by atoms with Gasteiger partial charge in [-0.1, -0.05) is 12.1 Å². The van der Waals surface area contributed by atoms with Gasteiger partial charge in [-0.3, -0.25) is 0 Å². The van der Waals surface area contributed by atoms with E-state index < -0.39 is 0 Å². The van der Waals surface area contributed by atoms with Gasteiger partial charge in [-0.25, -0.2) is 14.7 Å². The molecule has 3 rings (SSSR count). The van der Waals surface area contributed by atoms with E-state index in [1.165, 1.54) is 6.33 Å². The van der Waals surface area contributed by atoms with E-state index in [4.69, 9.17) is 9.47 Å². The SMILES string of the molecule is CCNC(=NCc1ccc(-n2cncn2)cc1)NCCCOCC1CCCO1.I. The van der Waals surface area contributed by atoms with Crippen molar-refractivity contribution < 1.29 is 9.47 Å². The quantitative estimate of drug-likeness (QED) is 0.220. The van der Waals surface area contributed by atoms with Gasteiger partial charge in [0.05, 0.1) is 24.9 Å². The molecule has 2 heterocycles. The summed E-state index contributed by atoms with van der Waals surface area (Å²) in [6.07, 6.45) is 6.72. The molecule has 1 aromatic carbocycles. The monoisotopic (exact) mass is 514 g/mol. The zero-order valence-corrected chi connectivity index (χ0v) is 19.2. The third-order valence-electron chi connectivity index (χ3n) is 4.47. The number of hydrogen-bond donors (Lipinski definition) is 2. The Morgan fingerprint density at radius 1 is 1.31 bits per heavy atom. The van der Waals surface area contributed by atoms with Gasteiger partial charge < -0.3 is 20.1 Å². The van der Waals surface area contributed by atoms with Crippen LogP contribution >= 0.6 is 24.0 Å². The van der Waals surface area contributed by atoms with E-state index in [0.29, 0.717) is 19.3 Å². The Balaban J connectivity index is 0.00000300. The van der Waals surface area contributed by atoms with Gasteiger partial charge in [0.25, 0.3) is 0 Å². The van der Waals surface area contributed by atoms with Gasteiger partial charge in [-0.05, 0) is 43.9 Å². The predicted molar refractivity (Wildman–Crippen MR) is 124 cm³/mol. The largest absolute Gasteiger partial charge is 0.379 e. The fourth-order valence-corrected chi connectivity index (χ4v) is 2.98. The lowest BCUT2D eigenvalue weighted by Gasteiger charge is -2.12. The van der Waals surface area contributed by atoms with E-state index in [0.717, 1.165) is 62.8 Å². The van der Waals surface area contributed by atoms with Crippen molar-refractivity contribution in [1.29, 1.82) is 0 Å². The Labute approximate surface area is 189 Å². The van der Waals surface area contributed by atoms with Crippen molar-refractivity contribution in [3.05, 3.63) is 42.5 Å². The predicted octanol–water partition coefficient (Wildman–Crippen LogP) is 2.53. The first kappa shape index (κ1) is 23.6. The fraction of sp³-hybridized carbons (Fsp3) is 0.550. The van der Waals surface area contributed by atoms with E-state index in [1.807, 2.05) is 12.1 Å². The van der Waals surface area contributed by atoms with Crippen LogP contribution in [-0.2, 0) is 16.0 Å². The molecule has 0 saturated carbocycles. The van der Waals surface area contributed by atoms with Crippen molar-refractivity contribution in [2.75, 3.05) is 32.9 Å². The van der Waals surface area contributed by atoms with Crippen LogP contribution in [0.25, 0.3) is 5.69 Å². The van der Waals surface area contributed by atoms with Crippen molar-refractivity contribution in [3.8, 4) is 5.69 Å². The maximum Gasteiger partial charge on any atom is 0.191 e. The van der Waals surface area contributed by atoms with E-state index in [1.54, 1.807) is 11.0 Å². The Kier molecular flexibility index (Phi) is 11.0. The zero-order valence-electron chi connectivity index (χ0n) is 16.9. The molecule has 1 aliphatic rings. The summed E-state index contributed by atoms with van der Waals surface area (Å²) < 4.78 is 13.0. The summed E-state index contributed by atoms with van der Waals surface area (Å²) in [5.41, 5.74) is 2.12. The average molecular weight is 514 g/mol. The third kappa shape index (κ3) is 8.27. The molecule has 1 unspecified atom stereocenters. The second-order valence-corrected chi connectivity index (χ2v) is 6.69. The van der Waals surface area contributed by atoms with Gasteiger partial charge in [-0.15, -0.1) is 24.0 Å². The Hall–Kier alpha value is -1.72. The lowest BCUT2D eigenvalue weighted by Crippen LogP contribution is -2.38. The Morgan fingerprint density at radius 3 is 2.86 bits per heavy atom. The zero-order chi connectivity index (χ0) is 19.4. The topological polar surface area (TPSA) is 85.6 Å². The van der Waals surface area contributed by atoms with Crippen LogP contribution in [0.4, 0.5) is 0 Å². The molecule has 9 heteroatoms. The standard InChI is InChI=1S/C20H30N6O2.HI/c1-2-22-20(23-10-4-11-27-14-19-5-3-12-28-19)24-13-17-6-8-18(9-7-17)26-16-21-15-25-26;/h6-9,15-16,19H,2-5,10-14H2,1H3,(H2,22,23,24);1H. The number of guanidine groups is 1. The molecule has 1 fully saturated rings. The summed E-state index contributed by atoms with van der Waals surface area (Å²) in [6.45, 7) is 6.64. The molecule has 0 bridgehead atoms. The summed E-state index contributed by atoms with van der Waals surface area (Å²) in [6, 6.07) is 8.16. The molecule has 1 saturated heterocycles. The number of nitrogens with one attached hydrogen (secondary N) is 2. The lowest BCUT2D eigenvalue weighted by molar-refractivity contribution is 0.0168. The number of ether oxygens (including phenoxy) is 2. The fourth-order valence-electron chi connectivity index (χ4n) is 2.98. The van der Waals surface area contributed by atoms with Crippen LogP contribution in [0.5, 0.6) is 0 Å². The Bertz CT molecular complexity index is 702. The molecule has 8 nitrogen and oxygen atoms in total. The van der Waals surface area contributed by atoms with Crippen molar-refractivity contribution in [1.82, 2.24) is 25.4 Å². The van der Waals surface area contributed by atoms with E-state index in [-0.39, 0.29) is 24.0 Å². The minimum absolute atomic E-state index is 0. The summed E-state index contributed by atoms with van der Waals surface area (Å²) in [7, 11) is 0. The lowest BCUT2D eigenvalue weighted by atomic mass is 10.2. The number of aromatic nitrogens is 3. The third-order valence-corrected chi connectivity index (χ3v) is 4.47. The maximum atomic E-state index is 5.69. The molecule has 1 atom stereocenters. The number of benzene rings is 1. The minimum atomic E-state index is 0. The molecule has 1 aromatic heterocycles. The van der Waals surface area contributed by atoms with Crippen LogP contribution < -0.4 is 10.6 Å². The maximum absolute atomic E-state index is 5.69. The van der Waals surface area contributed by atoms with Crippen LogP contribution in [0.2, 0.25) is 0 Å². The first-order valence-corrected chi connectivity index (χ1v) is 10.0. The normalized spacial score (nSPS) is 16.4. The van der Waals surface area contributed by atoms with Crippen LogP contribution in [0.3, 0.4) is 0 Å². The second kappa shape index (κ2) is 13.5. The van der Waals surface area contributed by atoms with Gasteiger partial charge in [0, 0.05) is 26.3 Å². The van der Waals surface area contributed by atoms with Crippen LogP contribution in [0.1, 0.15) is 31.7 Å². The number of halogens is 1. The number of aliphatic imine (C=N–C) groups is 1. The summed E-state index contributed by atoms with van der Waals surface area (Å²) in [5.74, 6) is 0.821. The smallest absolute Gasteiger partial charge is 0.191 e. The van der Waals surface area contributed by atoms with Crippen molar-refractivity contribution >= 4 is 29.9 Å². The molecule has 2 N–H and O–H groups in total. The highest BCUT2D eigenvalue weighted by Gasteiger charge is 2.14. The van der Waals surface area contributed by atoms with Crippen LogP contribution in [0.15, 0.2) is 41.9 Å². The van der Waals surface area contributed by atoms with Gasteiger partial charge in [-0.2, -0.15) is 5.10 Å². The first-order valence-electron chi connectivity index (χ1n) is 10.0. The second-order valence-electron chi connectivity index (χ2n) is 6.69. The van der Waals surface area contributed by atoms with Gasteiger partial charge in [0.1, 0.15) is 12.7 Å². The highest BCUT2D eigenvalue weighted by atomic mass is 127.